The second kappa shape index (κ2) is 5.21. The average Bonchev–Trinajstić information content (AvgIpc) is 3.09. The highest BCUT2D eigenvalue weighted by Gasteiger charge is 2.22. The zero-order valence-electron chi connectivity index (χ0n) is 11.1. The highest BCUT2D eigenvalue weighted by Crippen LogP contribution is 2.25. The Labute approximate surface area is 122 Å². The molecule has 1 saturated heterocycles. The van der Waals surface area contributed by atoms with Crippen LogP contribution in [0.5, 0.6) is 0 Å². The molecule has 0 atom stereocenters. The monoisotopic (exact) mass is 306 g/mol. The molecule has 1 fully saturated rings. The number of hydrogen-bond acceptors (Lipinski definition) is 4. The molecule has 1 aromatic carbocycles. The number of H-pyrrole nitrogens is 1. The van der Waals surface area contributed by atoms with Crippen LogP contribution in [0.3, 0.4) is 0 Å². The minimum absolute atomic E-state index is 0.00912. The van der Waals surface area contributed by atoms with Crippen molar-refractivity contribution in [1.82, 2.24) is 9.97 Å². The maximum atomic E-state index is 12.1. The molecule has 1 aliphatic heterocycles. The zero-order valence-corrected chi connectivity index (χ0v) is 11.9. The number of carbonyl (C=O) groups is 1. The Kier molecular flexibility index (Phi) is 3.38. The Morgan fingerprint density at radius 1 is 1.33 bits per heavy atom. The van der Waals surface area contributed by atoms with Gasteiger partial charge < -0.3 is 9.88 Å². The van der Waals surface area contributed by atoms with E-state index >= 15 is 0 Å². The summed E-state index contributed by atoms with van der Waals surface area (Å²) in [7, 11) is -3.70. The van der Waals surface area contributed by atoms with Crippen LogP contribution in [0, 0.1) is 0 Å². The number of carbonyl (C=O) groups excluding carboxylic acids is 1. The molecule has 0 saturated carbocycles. The number of nitrogens with zero attached hydrogens (tertiary/aromatic N) is 2. The molecule has 2 N–H and O–H groups in total. The van der Waals surface area contributed by atoms with Gasteiger partial charge in [0.05, 0.1) is 18.2 Å². The summed E-state index contributed by atoms with van der Waals surface area (Å²) in [6.45, 7) is 0.662. The van der Waals surface area contributed by atoms with Gasteiger partial charge in [-0.05, 0) is 24.6 Å². The van der Waals surface area contributed by atoms with Crippen molar-refractivity contribution in [3.05, 3.63) is 36.8 Å². The Hall–Kier alpha value is -2.35. The number of sulfonamides is 1. The third kappa shape index (κ3) is 2.75. The van der Waals surface area contributed by atoms with Crippen molar-refractivity contribution in [3.63, 3.8) is 0 Å². The van der Waals surface area contributed by atoms with E-state index in [1.165, 1.54) is 12.5 Å². The number of anilines is 2. The predicted molar refractivity (Wildman–Crippen MR) is 77.4 cm³/mol. The normalized spacial score (nSPS) is 15.4. The third-order valence-corrected chi connectivity index (χ3v) is 4.55. The first-order valence-electron chi connectivity index (χ1n) is 6.48. The molecule has 1 amide bonds. The fourth-order valence-electron chi connectivity index (χ4n) is 2.26. The van der Waals surface area contributed by atoms with Crippen molar-refractivity contribution in [3.8, 4) is 0 Å². The molecule has 0 bridgehead atoms. The van der Waals surface area contributed by atoms with E-state index in [2.05, 4.69) is 14.7 Å². The summed E-state index contributed by atoms with van der Waals surface area (Å²) in [5, 5.41) is -0.00912. The summed E-state index contributed by atoms with van der Waals surface area (Å²) in [4.78, 5) is 19.6. The van der Waals surface area contributed by atoms with E-state index in [1.807, 2.05) is 0 Å². The molecule has 0 aliphatic carbocycles. The smallest absolute Gasteiger partial charge is 0.278 e. The highest BCUT2D eigenvalue weighted by atomic mass is 32.2. The average molecular weight is 306 g/mol. The Morgan fingerprint density at radius 2 is 2.19 bits per heavy atom. The number of imidazole rings is 1. The number of rotatable bonds is 4. The second-order valence-electron chi connectivity index (χ2n) is 4.72. The molecule has 1 aromatic heterocycles. The lowest BCUT2D eigenvalue weighted by Gasteiger charge is -2.16. The molecule has 110 valence electrons. The van der Waals surface area contributed by atoms with Crippen LogP contribution in [-0.2, 0) is 14.8 Å². The predicted octanol–water partition coefficient (Wildman–Crippen LogP) is 1.34. The Bertz CT molecular complexity index is 755. The first-order chi connectivity index (χ1) is 10.1. The molecule has 0 spiro atoms. The van der Waals surface area contributed by atoms with Gasteiger partial charge in [0.2, 0.25) is 5.91 Å². The molecule has 8 heteroatoms. The van der Waals surface area contributed by atoms with Crippen molar-refractivity contribution in [1.29, 1.82) is 0 Å². The lowest BCUT2D eigenvalue weighted by Crippen LogP contribution is -2.23. The van der Waals surface area contributed by atoms with Crippen molar-refractivity contribution in [2.24, 2.45) is 0 Å². The van der Waals surface area contributed by atoms with Crippen LogP contribution in [0.2, 0.25) is 0 Å². The summed E-state index contributed by atoms with van der Waals surface area (Å²) in [5.74, 6) is 0.0589. The number of aromatic amines is 1. The van der Waals surface area contributed by atoms with Gasteiger partial charge in [-0.25, -0.2) is 4.98 Å². The molecule has 3 rings (SSSR count). The molecular weight excluding hydrogens is 292 g/mol. The number of hydrogen-bond donors (Lipinski definition) is 2. The van der Waals surface area contributed by atoms with Gasteiger partial charge in [0.15, 0.2) is 5.03 Å². The molecule has 0 unspecified atom stereocenters. The lowest BCUT2D eigenvalue weighted by molar-refractivity contribution is -0.117. The van der Waals surface area contributed by atoms with Crippen LogP contribution in [0.15, 0.2) is 41.8 Å². The van der Waals surface area contributed by atoms with Gasteiger partial charge in [-0.15, -0.1) is 0 Å². The SMILES string of the molecule is O=C1CCCN1c1cccc(NS(=O)(=O)c2cnc[nH]2)c1. The van der Waals surface area contributed by atoms with Crippen LogP contribution >= 0.6 is 0 Å². The van der Waals surface area contributed by atoms with E-state index < -0.39 is 10.0 Å². The topological polar surface area (TPSA) is 95.2 Å². The number of aromatic nitrogens is 2. The minimum atomic E-state index is -3.70. The summed E-state index contributed by atoms with van der Waals surface area (Å²) < 4.78 is 26.7. The molecular formula is C13H14N4O3S. The quantitative estimate of drug-likeness (QED) is 0.891. The molecule has 7 nitrogen and oxygen atoms in total. The van der Waals surface area contributed by atoms with Crippen molar-refractivity contribution in [2.45, 2.75) is 17.9 Å². The fraction of sp³-hybridized carbons (Fsp3) is 0.231. The maximum Gasteiger partial charge on any atom is 0.278 e. The van der Waals surface area contributed by atoms with Gasteiger partial charge in [0.25, 0.3) is 10.0 Å². The Balaban J connectivity index is 1.85. The number of amides is 1. The summed E-state index contributed by atoms with van der Waals surface area (Å²) in [6, 6.07) is 6.79. The van der Waals surface area contributed by atoms with Gasteiger partial charge in [0.1, 0.15) is 0 Å². The maximum absolute atomic E-state index is 12.1. The van der Waals surface area contributed by atoms with Crippen LogP contribution in [0.4, 0.5) is 11.4 Å². The van der Waals surface area contributed by atoms with Crippen molar-refractivity contribution >= 4 is 27.3 Å². The van der Waals surface area contributed by atoms with Crippen molar-refractivity contribution < 1.29 is 13.2 Å². The van der Waals surface area contributed by atoms with Crippen LogP contribution in [-0.4, -0.2) is 30.8 Å². The van der Waals surface area contributed by atoms with Gasteiger partial charge >= 0.3 is 0 Å². The van der Waals surface area contributed by atoms with E-state index in [4.69, 9.17) is 0 Å². The van der Waals surface area contributed by atoms with E-state index in [9.17, 15) is 13.2 Å². The summed E-state index contributed by atoms with van der Waals surface area (Å²) in [6.07, 6.45) is 3.89. The molecule has 2 aromatic rings. The van der Waals surface area contributed by atoms with Crippen LogP contribution < -0.4 is 9.62 Å². The number of benzene rings is 1. The molecule has 2 heterocycles. The standard InChI is InChI=1S/C13H14N4O3S/c18-13-5-2-6-17(13)11-4-1-3-10(7-11)16-21(19,20)12-8-14-9-15-12/h1,3-4,7-9,16H,2,5-6H2,(H,14,15). The van der Waals surface area contributed by atoms with E-state index in [0.717, 1.165) is 6.42 Å². The third-order valence-electron chi connectivity index (χ3n) is 3.25. The van der Waals surface area contributed by atoms with Gasteiger partial charge in [-0.3, -0.25) is 9.52 Å². The van der Waals surface area contributed by atoms with Gasteiger partial charge in [0, 0.05) is 18.7 Å². The van der Waals surface area contributed by atoms with Crippen LogP contribution in [0.25, 0.3) is 0 Å². The van der Waals surface area contributed by atoms with E-state index in [1.54, 1.807) is 29.2 Å². The second-order valence-corrected chi connectivity index (χ2v) is 6.37. The largest absolute Gasteiger partial charge is 0.334 e. The molecule has 21 heavy (non-hydrogen) atoms. The van der Waals surface area contributed by atoms with Crippen LogP contribution in [0.1, 0.15) is 12.8 Å². The minimum Gasteiger partial charge on any atom is -0.334 e. The molecule has 1 aliphatic rings. The Morgan fingerprint density at radius 3 is 2.86 bits per heavy atom. The zero-order chi connectivity index (χ0) is 14.9. The number of nitrogens with one attached hydrogen (secondary N) is 2. The summed E-state index contributed by atoms with van der Waals surface area (Å²) >= 11 is 0. The van der Waals surface area contributed by atoms with Gasteiger partial charge in [-0.2, -0.15) is 8.42 Å². The first kappa shape index (κ1) is 13.6. The lowest BCUT2D eigenvalue weighted by atomic mass is 10.2. The molecule has 0 radical (unpaired) electrons. The van der Waals surface area contributed by atoms with Gasteiger partial charge in [-0.1, -0.05) is 6.07 Å². The van der Waals surface area contributed by atoms with E-state index in [0.29, 0.717) is 24.3 Å². The first-order valence-corrected chi connectivity index (χ1v) is 7.96. The fourth-order valence-corrected chi connectivity index (χ4v) is 3.21. The van der Waals surface area contributed by atoms with E-state index in [-0.39, 0.29) is 10.9 Å². The van der Waals surface area contributed by atoms with Crippen molar-refractivity contribution in [2.75, 3.05) is 16.2 Å². The summed E-state index contributed by atoms with van der Waals surface area (Å²) in [5.41, 5.74) is 1.10. The highest BCUT2D eigenvalue weighted by molar-refractivity contribution is 7.92.